The molecule has 0 unspecified atom stereocenters. The van der Waals surface area contributed by atoms with Crippen LogP contribution in [-0.2, 0) is 14.3 Å². The van der Waals surface area contributed by atoms with Crippen LogP contribution < -0.4 is 4.90 Å². The van der Waals surface area contributed by atoms with Gasteiger partial charge in [-0.1, -0.05) is 18.2 Å². The second-order valence-electron chi connectivity index (χ2n) is 5.93. The zero-order valence-corrected chi connectivity index (χ0v) is 11.9. The van der Waals surface area contributed by atoms with E-state index in [0.29, 0.717) is 0 Å². The third-order valence-electron chi connectivity index (χ3n) is 4.75. The number of aliphatic hydroxyl groups is 1. The molecule has 118 valence electrons. The normalized spacial score (nSPS) is 34.3. The Balaban J connectivity index is 1.76. The van der Waals surface area contributed by atoms with E-state index in [2.05, 4.69) is 0 Å². The molecule has 0 radical (unpaired) electrons. The van der Waals surface area contributed by atoms with Crippen LogP contribution in [0.3, 0.4) is 0 Å². The molecule has 3 heterocycles. The van der Waals surface area contributed by atoms with E-state index in [4.69, 9.17) is 9.84 Å². The van der Waals surface area contributed by atoms with Gasteiger partial charge < -0.3 is 14.9 Å². The van der Waals surface area contributed by atoms with E-state index in [1.165, 1.54) is 24.3 Å². The summed E-state index contributed by atoms with van der Waals surface area (Å²) in [4.78, 5) is 37.6. The lowest BCUT2D eigenvalue weighted by Crippen LogP contribution is -2.43. The molecule has 4 rings (SSSR count). The van der Waals surface area contributed by atoms with Crippen LogP contribution >= 0.6 is 0 Å². The van der Waals surface area contributed by atoms with E-state index in [0.717, 1.165) is 4.90 Å². The highest BCUT2D eigenvalue weighted by atomic mass is 16.5. The second-order valence-corrected chi connectivity index (χ2v) is 5.93. The minimum absolute atomic E-state index is 0.00521. The first-order valence-electron chi connectivity index (χ1n) is 7.18. The molecule has 0 aromatic heterocycles. The van der Waals surface area contributed by atoms with E-state index in [-0.39, 0.29) is 17.9 Å². The van der Waals surface area contributed by atoms with Crippen molar-refractivity contribution >= 4 is 23.5 Å². The van der Waals surface area contributed by atoms with Gasteiger partial charge in [0.15, 0.2) is 0 Å². The predicted octanol–water partition coefficient (Wildman–Crippen LogP) is 0.190. The number of carboxylic acids is 1. The summed E-state index contributed by atoms with van der Waals surface area (Å²) < 4.78 is 5.64. The molecule has 7 nitrogen and oxygen atoms in total. The number of aromatic carboxylic acids is 1. The minimum atomic E-state index is -1.15. The van der Waals surface area contributed by atoms with E-state index in [1.807, 2.05) is 0 Å². The van der Waals surface area contributed by atoms with Gasteiger partial charge >= 0.3 is 5.97 Å². The van der Waals surface area contributed by atoms with Crippen LogP contribution in [0.4, 0.5) is 5.69 Å². The zero-order valence-electron chi connectivity index (χ0n) is 11.9. The van der Waals surface area contributed by atoms with Gasteiger partial charge in [0.2, 0.25) is 11.8 Å². The molecule has 0 aliphatic carbocycles. The predicted molar refractivity (Wildman–Crippen MR) is 76.7 cm³/mol. The van der Waals surface area contributed by atoms with Crippen molar-refractivity contribution < 1.29 is 29.3 Å². The number of imide groups is 1. The van der Waals surface area contributed by atoms with Crippen LogP contribution in [0.15, 0.2) is 36.4 Å². The van der Waals surface area contributed by atoms with Crippen molar-refractivity contribution in [1.82, 2.24) is 0 Å². The lowest BCUT2D eigenvalue weighted by molar-refractivity contribution is -0.128. The molecule has 3 aliphatic heterocycles. The maximum atomic E-state index is 12.8. The average Bonchev–Trinajstić information content (AvgIpc) is 3.18. The fraction of sp³-hybridized carbons (Fsp3) is 0.312. The van der Waals surface area contributed by atoms with E-state index < -0.39 is 41.3 Å². The molecular weight excluding hydrogens is 302 g/mol. The summed E-state index contributed by atoms with van der Waals surface area (Å²) in [5.74, 6) is -3.48. The Labute approximate surface area is 130 Å². The van der Waals surface area contributed by atoms with Gasteiger partial charge in [0.05, 0.1) is 35.8 Å². The van der Waals surface area contributed by atoms with Crippen LogP contribution in [0.5, 0.6) is 0 Å². The topological polar surface area (TPSA) is 104 Å². The molecule has 0 spiro atoms. The average molecular weight is 315 g/mol. The summed E-state index contributed by atoms with van der Waals surface area (Å²) in [7, 11) is 0. The van der Waals surface area contributed by atoms with Crippen molar-refractivity contribution in [3.8, 4) is 0 Å². The van der Waals surface area contributed by atoms with Gasteiger partial charge in [-0.2, -0.15) is 0 Å². The number of amides is 2. The number of benzene rings is 1. The van der Waals surface area contributed by atoms with Gasteiger partial charge in [0.1, 0.15) is 5.60 Å². The van der Waals surface area contributed by atoms with E-state index in [1.54, 1.807) is 12.2 Å². The summed E-state index contributed by atoms with van der Waals surface area (Å²) in [6.45, 7) is -0.386. The number of fused-ring (bicyclic) bond motifs is 5. The molecule has 1 aromatic rings. The van der Waals surface area contributed by atoms with Crippen molar-refractivity contribution in [3.05, 3.63) is 42.0 Å². The lowest BCUT2D eigenvalue weighted by Gasteiger charge is -2.26. The highest BCUT2D eigenvalue weighted by Crippen LogP contribution is 2.52. The van der Waals surface area contributed by atoms with Crippen molar-refractivity contribution in [2.75, 3.05) is 11.5 Å². The Morgan fingerprint density at radius 1 is 1.30 bits per heavy atom. The molecule has 23 heavy (non-hydrogen) atoms. The summed E-state index contributed by atoms with van der Waals surface area (Å²) in [6, 6.07) is 5.69. The summed E-state index contributed by atoms with van der Waals surface area (Å²) in [6.07, 6.45) is 2.80. The van der Waals surface area contributed by atoms with Crippen LogP contribution in [0.25, 0.3) is 0 Å². The van der Waals surface area contributed by atoms with Gasteiger partial charge in [0, 0.05) is 0 Å². The summed E-state index contributed by atoms with van der Waals surface area (Å²) >= 11 is 0. The van der Waals surface area contributed by atoms with Crippen LogP contribution in [0, 0.1) is 11.8 Å². The maximum absolute atomic E-state index is 12.8. The molecule has 0 saturated carbocycles. The lowest BCUT2D eigenvalue weighted by atomic mass is 9.77. The Hall–Kier alpha value is -2.51. The van der Waals surface area contributed by atoms with Gasteiger partial charge in [-0.05, 0) is 18.2 Å². The third-order valence-corrected chi connectivity index (χ3v) is 4.75. The highest BCUT2D eigenvalue weighted by molar-refractivity contribution is 6.23. The minimum Gasteiger partial charge on any atom is -0.478 e. The SMILES string of the molecule is O=C(O)c1cccc(N2C(=O)[C@H]3[C@H]4C=C[C@@](CO)(O4)[C@H]3C2=O)c1. The molecule has 2 bridgehead atoms. The van der Waals surface area contributed by atoms with Crippen molar-refractivity contribution in [2.45, 2.75) is 11.7 Å². The smallest absolute Gasteiger partial charge is 0.335 e. The molecule has 2 saturated heterocycles. The third kappa shape index (κ3) is 1.68. The molecule has 7 heteroatoms. The zero-order chi connectivity index (χ0) is 16.4. The van der Waals surface area contributed by atoms with E-state index in [9.17, 15) is 19.5 Å². The second kappa shape index (κ2) is 4.50. The molecule has 2 amide bonds. The number of nitrogens with zero attached hydrogens (tertiary/aromatic N) is 1. The first kappa shape index (κ1) is 14.1. The van der Waals surface area contributed by atoms with Gasteiger partial charge in [0.25, 0.3) is 0 Å². The van der Waals surface area contributed by atoms with Gasteiger partial charge in [-0.3, -0.25) is 9.59 Å². The Kier molecular flexibility index (Phi) is 2.76. The number of hydrogen-bond donors (Lipinski definition) is 2. The number of ether oxygens (including phenoxy) is 1. The van der Waals surface area contributed by atoms with Crippen molar-refractivity contribution in [3.63, 3.8) is 0 Å². The van der Waals surface area contributed by atoms with Crippen molar-refractivity contribution in [2.24, 2.45) is 11.8 Å². The van der Waals surface area contributed by atoms with Crippen LogP contribution in [0.2, 0.25) is 0 Å². The number of carbonyl (C=O) groups excluding carboxylic acids is 2. The number of carbonyl (C=O) groups is 3. The number of hydrogen-bond acceptors (Lipinski definition) is 5. The standard InChI is InChI=1S/C16H13NO6/c18-7-16-5-4-10(23-16)11-12(16)14(20)17(13(11)19)9-3-1-2-8(6-9)15(21)22/h1-6,10-12,18H,7H2,(H,21,22)/t10-,11+,12-,16+/m1/s1. The first-order valence-corrected chi connectivity index (χ1v) is 7.18. The fourth-order valence-electron chi connectivity index (χ4n) is 3.72. The molecule has 3 aliphatic rings. The van der Waals surface area contributed by atoms with Crippen LogP contribution in [0.1, 0.15) is 10.4 Å². The first-order chi connectivity index (χ1) is 11.0. The van der Waals surface area contributed by atoms with Gasteiger partial charge in [-0.15, -0.1) is 0 Å². The molecular formula is C16H13NO6. The number of anilines is 1. The van der Waals surface area contributed by atoms with Crippen LogP contribution in [-0.4, -0.2) is 46.3 Å². The largest absolute Gasteiger partial charge is 0.478 e. The molecule has 2 N–H and O–H groups in total. The summed E-state index contributed by atoms with van der Waals surface area (Å²) in [5.41, 5.74) is -0.933. The quantitative estimate of drug-likeness (QED) is 0.609. The monoisotopic (exact) mass is 315 g/mol. The fourth-order valence-corrected chi connectivity index (χ4v) is 3.72. The molecule has 2 fully saturated rings. The molecule has 4 atom stereocenters. The Morgan fingerprint density at radius 3 is 2.78 bits per heavy atom. The number of rotatable bonds is 3. The van der Waals surface area contributed by atoms with Gasteiger partial charge in [-0.25, -0.2) is 9.69 Å². The molecule has 1 aromatic carbocycles. The summed E-state index contributed by atoms with van der Waals surface area (Å²) in [5, 5.41) is 18.7. The maximum Gasteiger partial charge on any atom is 0.335 e. The Bertz CT molecular complexity index is 772. The Morgan fingerprint density at radius 2 is 2.09 bits per heavy atom. The number of carboxylic acid groups (broad SMARTS) is 1. The number of aliphatic hydroxyl groups excluding tert-OH is 1. The van der Waals surface area contributed by atoms with E-state index >= 15 is 0 Å². The highest BCUT2D eigenvalue weighted by Gasteiger charge is 2.67. The van der Waals surface area contributed by atoms with Crippen molar-refractivity contribution in [1.29, 1.82) is 0 Å².